The van der Waals surface area contributed by atoms with Crippen LogP contribution in [0.3, 0.4) is 0 Å². The Bertz CT molecular complexity index is 674. The Morgan fingerprint density at radius 3 is 2.72 bits per heavy atom. The molecule has 25 heavy (non-hydrogen) atoms. The Morgan fingerprint density at radius 2 is 1.96 bits per heavy atom. The molecule has 3 rings (SSSR count). The lowest BCUT2D eigenvalue weighted by Gasteiger charge is -2.34. The number of anilines is 2. The molecule has 136 valence electrons. The van der Waals surface area contributed by atoms with Gasteiger partial charge in [-0.05, 0) is 18.6 Å². The number of hydrogen-bond acceptors (Lipinski definition) is 7. The summed E-state index contributed by atoms with van der Waals surface area (Å²) in [7, 11) is 1.72. The standard InChI is InChI=1S/C18H27N5O2/c1-25-14-4-7-19-17-15-5-2-3-6-16(15)20-18(21-17)23-10-8-22(9-11-23)12-13-24/h2-3,5-6,24H,4,7-14H2,1H3,(H,19,20,21). The number of nitrogens with zero attached hydrogens (tertiary/aromatic N) is 4. The largest absolute Gasteiger partial charge is 0.395 e. The number of aliphatic hydroxyl groups is 1. The Balaban J connectivity index is 1.76. The molecule has 7 heteroatoms. The van der Waals surface area contributed by atoms with Crippen LogP contribution in [-0.4, -0.2) is 79.6 Å². The summed E-state index contributed by atoms with van der Waals surface area (Å²) in [6.07, 6.45) is 0.935. The first-order valence-electron chi connectivity index (χ1n) is 8.89. The van der Waals surface area contributed by atoms with Crippen molar-refractivity contribution in [2.24, 2.45) is 0 Å². The topological polar surface area (TPSA) is 73.8 Å². The molecule has 2 aromatic rings. The molecule has 0 spiro atoms. The third-order valence-electron chi connectivity index (χ3n) is 4.48. The molecule has 0 radical (unpaired) electrons. The molecule has 1 aliphatic rings. The van der Waals surface area contributed by atoms with Crippen LogP contribution in [0.15, 0.2) is 24.3 Å². The van der Waals surface area contributed by atoms with Crippen LogP contribution in [0, 0.1) is 0 Å². The first-order valence-corrected chi connectivity index (χ1v) is 8.89. The highest BCUT2D eigenvalue weighted by molar-refractivity contribution is 5.90. The molecule has 7 nitrogen and oxygen atoms in total. The zero-order valence-electron chi connectivity index (χ0n) is 14.8. The molecular formula is C18H27N5O2. The monoisotopic (exact) mass is 345 g/mol. The minimum absolute atomic E-state index is 0.210. The molecule has 1 aromatic heterocycles. The first kappa shape index (κ1) is 17.8. The van der Waals surface area contributed by atoms with E-state index in [1.807, 2.05) is 18.2 Å². The van der Waals surface area contributed by atoms with Gasteiger partial charge in [-0.25, -0.2) is 4.98 Å². The number of aliphatic hydroxyl groups excluding tert-OH is 1. The zero-order chi connectivity index (χ0) is 17.5. The number of ether oxygens (including phenoxy) is 1. The van der Waals surface area contributed by atoms with E-state index in [1.165, 1.54) is 0 Å². The van der Waals surface area contributed by atoms with E-state index in [2.05, 4.69) is 21.2 Å². The fourth-order valence-electron chi connectivity index (χ4n) is 3.08. The third-order valence-corrected chi connectivity index (χ3v) is 4.48. The quantitative estimate of drug-likeness (QED) is 0.696. The fourth-order valence-corrected chi connectivity index (χ4v) is 3.08. The van der Waals surface area contributed by atoms with Crippen LogP contribution < -0.4 is 10.2 Å². The van der Waals surface area contributed by atoms with Crippen LogP contribution in [0.1, 0.15) is 6.42 Å². The smallest absolute Gasteiger partial charge is 0.227 e. The van der Waals surface area contributed by atoms with Gasteiger partial charge in [0.15, 0.2) is 0 Å². The average Bonchev–Trinajstić information content (AvgIpc) is 2.66. The molecule has 1 fully saturated rings. The number of para-hydroxylation sites is 1. The van der Waals surface area contributed by atoms with Crippen LogP contribution in [-0.2, 0) is 4.74 Å². The van der Waals surface area contributed by atoms with Gasteiger partial charge >= 0.3 is 0 Å². The molecule has 2 heterocycles. The molecule has 0 bridgehead atoms. The molecule has 0 aliphatic carbocycles. The highest BCUT2D eigenvalue weighted by Gasteiger charge is 2.20. The number of nitrogens with one attached hydrogen (secondary N) is 1. The van der Waals surface area contributed by atoms with Crippen molar-refractivity contribution < 1.29 is 9.84 Å². The van der Waals surface area contributed by atoms with Crippen LogP contribution in [0.25, 0.3) is 10.9 Å². The Labute approximate surface area is 148 Å². The third kappa shape index (κ3) is 4.56. The number of benzene rings is 1. The van der Waals surface area contributed by atoms with E-state index < -0.39 is 0 Å². The predicted molar refractivity (Wildman–Crippen MR) is 100 cm³/mol. The normalized spacial score (nSPS) is 15.7. The summed E-state index contributed by atoms with van der Waals surface area (Å²) in [5.74, 6) is 1.66. The van der Waals surface area contributed by atoms with Gasteiger partial charge < -0.3 is 20.1 Å². The number of piperazine rings is 1. The van der Waals surface area contributed by atoms with Crippen molar-refractivity contribution in [1.29, 1.82) is 0 Å². The number of β-amino-alcohol motifs (C(OH)–C–C–N with tert-alkyl or cyclic N) is 1. The molecule has 0 saturated carbocycles. The molecule has 0 atom stereocenters. The maximum absolute atomic E-state index is 9.08. The van der Waals surface area contributed by atoms with Gasteiger partial charge in [0.2, 0.25) is 5.95 Å². The Kier molecular flexibility index (Phi) is 6.38. The number of fused-ring (bicyclic) bond motifs is 1. The van der Waals surface area contributed by atoms with Crippen LogP contribution >= 0.6 is 0 Å². The summed E-state index contributed by atoms with van der Waals surface area (Å²) < 4.78 is 5.11. The van der Waals surface area contributed by atoms with E-state index in [4.69, 9.17) is 19.8 Å². The number of rotatable bonds is 8. The van der Waals surface area contributed by atoms with Crippen LogP contribution in [0.2, 0.25) is 0 Å². The minimum Gasteiger partial charge on any atom is -0.395 e. The van der Waals surface area contributed by atoms with Crippen molar-refractivity contribution in [3.63, 3.8) is 0 Å². The van der Waals surface area contributed by atoms with E-state index in [9.17, 15) is 0 Å². The summed E-state index contributed by atoms with van der Waals surface area (Å²) in [4.78, 5) is 14.0. The number of methoxy groups -OCH3 is 1. The van der Waals surface area contributed by atoms with Gasteiger partial charge in [0, 0.05) is 58.4 Å². The van der Waals surface area contributed by atoms with Crippen molar-refractivity contribution in [2.45, 2.75) is 6.42 Å². The van der Waals surface area contributed by atoms with Gasteiger partial charge in [0.05, 0.1) is 12.1 Å². The van der Waals surface area contributed by atoms with Crippen LogP contribution in [0.5, 0.6) is 0 Å². The highest BCUT2D eigenvalue weighted by atomic mass is 16.5. The van der Waals surface area contributed by atoms with Crippen LogP contribution in [0.4, 0.5) is 11.8 Å². The lowest BCUT2D eigenvalue weighted by atomic mass is 10.2. The van der Waals surface area contributed by atoms with E-state index in [1.54, 1.807) is 7.11 Å². The zero-order valence-corrected chi connectivity index (χ0v) is 14.8. The second-order valence-corrected chi connectivity index (χ2v) is 6.21. The van der Waals surface area contributed by atoms with E-state index in [-0.39, 0.29) is 6.61 Å². The molecule has 0 unspecified atom stereocenters. The summed E-state index contributed by atoms with van der Waals surface area (Å²) in [6, 6.07) is 8.10. The molecule has 0 amide bonds. The van der Waals surface area contributed by atoms with E-state index >= 15 is 0 Å². The summed E-state index contributed by atoms with van der Waals surface area (Å²) >= 11 is 0. The second kappa shape index (κ2) is 8.94. The van der Waals surface area contributed by atoms with Gasteiger partial charge in [-0.1, -0.05) is 12.1 Å². The predicted octanol–water partition coefficient (Wildman–Crippen LogP) is 1.19. The van der Waals surface area contributed by atoms with Gasteiger partial charge in [-0.3, -0.25) is 4.90 Å². The molecule has 1 saturated heterocycles. The van der Waals surface area contributed by atoms with E-state index in [0.29, 0.717) is 0 Å². The maximum atomic E-state index is 9.08. The first-order chi connectivity index (χ1) is 12.3. The van der Waals surface area contributed by atoms with Crippen molar-refractivity contribution in [2.75, 3.05) is 69.8 Å². The van der Waals surface area contributed by atoms with E-state index in [0.717, 1.165) is 75.0 Å². The Hall–Kier alpha value is -1.96. The Morgan fingerprint density at radius 1 is 1.16 bits per heavy atom. The highest BCUT2D eigenvalue weighted by Crippen LogP contribution is 2.24. The fraction of sp³-hybridized carbons (Fsp3) is 0.556. The molecule has 1 aliphatic heterocycles. The number of hydrogen-bond donors (Lipinski definition) is 2. The van der Waals surface area contributed by atoms with Crippen molar-refractivity contribution in [3.8, 4) is 0 Å². The molecule has 1 aromatic carbocycles. The van der Waals surface area contributed by atoms with Gasteiger partial charge in [-0.2, -0.15) is 4.98 Å². The lowest BCUT2D eigenvalue weighted by Crippen LogP contribution is -2.47. The average molecular weight is 345 g/mol. The minimum atomic E-state index is 0.210. The van der Waals surface area contributed by atoms with Gasteiger partial charge in [0.25, 0.3) is 0 Å². The lowest BCUT2D eigenvalue weighted by molar-refractivity contribution is 0.188. The van der Waals surface area contributed by atoms with Crippen molar-refractivity contribution >= 4 is 22.7 Å². The molecule has 2 N–H and O–H groups in total. The number of aromatic nitrogens is 2. The molecular weight excluding hydrogens is 318 g/mol. The van der Waals surface area contributed by atoms with Crippen molar-refractivity contribution in [1.82, 2.24) is 14.9 Å². The summed E-state index contributed by atoms with van der Waals surface area (Å²) in [5, 5.41) is 13.6. The maximum Gasteiger partial charge on any atom is 0.227 e. The second-order valence-electron chi connectivity index (χ2n) is 6.21. The summed E-state index contributed by atoms with van der Waals surface area (Å²) in [6.45, 7) is 6.10. The SMILES string of the molecule is COCCCNc1nc(N2CCN(CCO)CC2)nc2ccccc12. The van der Waals surface area contributed by atoms with Gasteiger partial charge in [-0.15, -0.1) is 0 Å². The van der Waals surface area contributed by atoms with Crippen molar-refractivity contribution in [3.05, 3.63) is 24.3 Å². The summed E-state index contributed by atoms with van der Waals surface area (Å²) in [5.41, 5.74) is 0.958. The van der Waals surface area contributed by atoms with Gasteiger partial charge in [0.1, 0.15) is 5.82 Å².